The number of amides is 1. The Morgan fingerprint density at radius 2 is 1.89 bits per heavy atom. The van der Waals surface area contributed by atoms with Crippen LogP contribution in [0.2, 0.25) is 0 Å². The van der Waals surface area contributed by atoms with Crippen molar-refractivity contribution in [3.8, 4) is 0 Å². The Morgan fingerprint density at radius 3 is 2.50 bits per heavy atom. The molecule has 0 atom stereocenters. The fourth-order valence-electron chi connectivity index (χ4n) is 1.35. The van der Waals surface area contributed by atoms with Crippen LogP contribution in [0, 0.1) is 0 Å². The second kappa shape index (κ2) is 7.00. The van der Waals surface area contributed by atoms with Gasteiger partial charge in [-0.3, -0.25) is 9.63 Å². The van der Waals surface area contributed by atoms with Crippen LogP contribution in [0.3, 0.4) is 0 Å². The number of halogens is 3. The molecule has 1 aromatic carbocycles. The van der Waals surface area contributed by atoms with Gasteiger partial charge in [0.25, 0.3) is 0 Å². The molecule has 100 valence electrons. The van der Waals surface area contributed by atoms with E-state index in [0.717, 1.165) is 5.56 Å². The average Bonchev–Trinajstić information content (AvgIpc) is 2.28. The van der Waals surface area contributed by atoms with Gasteiger partial charge in [0.05, 0.1) is 0 Å². The standard InChI is InChI=1S/C12H14F3NO2/c13-12(14,15)9-18-16-11(17)8-4-7-10-5-2-1-3-6-10/h1-3,5-6H,4,7-9H2,(H,16,17). The van der Waals surface area contributed by atoms with Gasteiger partial charge in [0.1, 0.15) is 0 Å². The van der Waals surface area contributed by atoms with E-state index in [2.05, 4.69) is 4.84 Å². The van der Waals surface area contributed by atoms with Gasteiger partial charge in [0.2, 0.25) is 5.91 Å². The molecule has 0 unspecified atom stereocenters. The molecule has 1 rings (SSSR count). The van der Waals surface area contributed by atoms with Gasteiger partial charge in [-0.2, -0.15) is 13.2 Å². The number of hydrogen-bond acceptors (Lipinski definition) is 2. The molecule has 1 aromatic rings. The van der Waals surface area contributed by atoms with E-state index in [-0.39, 0.29) is 6.42 Å². The van der Waals surface area contributed by atoms with Crippen LogP contribution in [-0.2, 0) is 16.1 Å². The molecular weight excluding hydrogens is 247 g/mol. The lowest BCUT2D eigenvalue weighted by Gasteiger charge is -2.08. The normalized spacial score (nSPS) is 11.3. The Balaban J connectivity index is 2.11. The summed E-state index contributed by atoms with van der Waals surface area (Å²) in [5, 5.41) is 0. The highest BCUT2D eigenvalue weighted by molar-refractivity contribution is 5.74. The average molecular weight is 261 g/mol. The van der Waals surface area contributed by atoms with E-state index in [1.165, 1.54) is 0 Å². The minimum absolute atomic E-state index is 0.132. The molecule has 0 fully saturated rings. The van der Waals surface area contributed by atoms with Crippen molar-refractivity contribution < 1.29 is 22.8 Å². The Kier molecular flexibility index (Phi) is 5.64. The number of carbonyl (C=O) groups excluding carboxylic acids is 1. The number of carbonyl (C=O) groups is 1. The van der Waals surface area contributed by atoms with Crippen LogP contribution >= 0.6 is 0 Å². The Bertz CT molecular complexity index is 365. The highest BCUT2D eigenvalue weighted by Gasteiger charge is 2.28. The summed E-state index contributed by atoms with van der Waals surface area (Å²) < 4.78 is 35.1. The SMILES string of the molecule is O=C(CCCc1ccccc1)NOCC(F)(F)F. The van der Waals surface area contributed by atoms with E-state index < -0.39 is 18.7 Å². The highest BCUT2D eigenvalue weighted by Crippen LogP contribution is 2.13. The molecule has 0 radical (unpaired) electrons. The van der Waals surface area contributed by atoms with E-state index >= 15 is 0 Å². The molecule has 0 bridgehead atoms. The molecule has 18 heavy (non-hydrogen) atoms. The predicted octanol–water partition coefficient (Wildman–Crippen LogP) is 2.62. The first-order chi connectivity index (χ1) is 8.47. The van der Waals surface area contributed by atoms with Crippen LogP contribution in [0.5, 0.6) is 0 Å². The lowest BCUT2D eigenvalue weighted by molar-refractivity contribution is -0.191. The topological polar surface area (TPSA) is 38.3 Å². The number of rotatable bonds is 6. The number of hydrogen-bond donors (Lipinski definition) is 1. The zero-order chi connectivity index (χ0) is 13.4. The summed E-state index contributed by atoms with van der Waals surface area (Å²) in [4.78, 5) is 15.2. The zero-order valence-corrected chi connectivity index (χ0v) is 9.67. The van der Waals surface area contributed by atoms with Crippen LogP contribution in [0.4, 0.5) is 13.2 Å². The van der Waals surface area contributed by atoms with Gasteiger partial charge in [-0.05, 0) is 18.4 Å². The largest absolute Gasteiger partial charge is 0.414 e. The van der Waals surface area contributed by atoms with Crippen molar-refractivity contribution in [2.24, 2.45) is 0 Å². The quantitative estimate of drug-likeness (QED) is 0.799. The number of benzene rings is 1. The maximum atomic E-state index is 11.7. The van der Waals surface area contributed by atoms with E-state index in [4.69, 9.17) is 0 Å². The molecule has 0 heterocycles. The molecule has 0 spiro atoms. The maximum absolute atomic E-state index is 11.7. The van der Waals surface area contributed by atoms with E-state index in [1.807, 2.05) is 30.3 Å². The van der Waals surface area contributed by atoms with Crippen LogP contribution in [-0.4, -0.2) is 18.7 Å². The molecule has 0 aliphatic carbocycles. The van der Waals surface area contributed by atoms with Crippen LogP contribution in [0.1, 0.15) is 18.4 Å². The van der Waals surface area contributed by atoms with E-state index in [9.17, 15) is 18.0 Å². The van der Waals surface area contributed by atoms with Crippen molar-refractivity contribution in [1.82, 2.24) is 5.48 Å². The lowest BCUT2D eigenvalue weighted by Crippen LogP contribution is -2.29. The third-order valence-corrected chi connectivity index (χ3v) is 2.13. The molecule has 6 heteroatoms. The Hall–Kier alpha value is -1.56. The summed E-state index contributed by atoms with van der Waals surface area (Å²) in [6.07, 6.45) is -3.04. The second-order valence-electron chi connectivity index (χ2n) is 3.77. The third kappa shape index (κ3) is 6.90. The van der Waals surface area contributed by atoms with Crippen molar-refractivity contribution in [2.45, 2.75) is 25.4 Å². The van der Waals surface area contributed by atoms with Gasteiger partial charge in [0.15, 0.2) is 6.61 Å². The molecule has 1 amide bonds. The van der Waals surface area contributed by atoms with Crippen molar-refractivity contribution in [1.29, 1.82) is 0 Å². The summed E-state index contributed by atoms with van der Waals surface area (Å²) in [6.45, 7) is -1.47. The predicted molar refractivity (Wildman–Crippen MR) is 59.5 cm³/mol. The molecule has 0 aliphatic heterocycles. The van der Waals surface area contributed by atoms with Crippen LogP contribution in [0.25, 0.3) is 0 Å². The Morgan fingerprint density at radius 1 is 1.22 bits per heavy atom. The monoisotopic (exact) mass is 261 g/mol. The first-order valence-electron chi connectivity index (χ1n) is 5.49. The fraction of sp³-hybridized carbons (Fsp3) is 0.417. The Labute approximate surface area is 103 Å². The summed E-state index contributed by atoms with van der Waals surface area (Å²) in [7, 11) is 0. The van der Waals surface area contributed by atoms with Crippen molar-refractivity contribution in [3.05, 3.63) is 35.9 Å². The number of hydroxylamine groups is 1. The number of nitrogens with one attached hydrogen (secondary N) is 1. The van der Waals surface area contributed by atoms with Gasteiger partial charge in [-0.25, -0.2) is 5.48 Å². The van der Waals surface area contributed by atoms with Gasteiger partial charge >= 0.3 is 6.18 Å². The third-order valence-electron chi connectivity index (χ3n) is 2.13. The molecule has 0 saturated heterocycles. The first-order valence-corrected chi connectivity index (χ1v) is 5.49. The van der Waals surface area contributed by atoms with Gasteiger partial charge in [-0.1, -0.05) is 30.3 Å². The molecule has 0 aliphatic rings. The van der Waals surface area contributed by atoms with E-state index in [0.29, 0.717) is 12.8 Å². The molecule has 3 nitrogen and oxygen atoms in total. The zero-order valence-electron chi connectivity index (χ0n) is 9.67. The molecular formula is C12H14F3NO2. The summed E-state index contributed by atoms with van der Waals surface area (Å²) >= 11 is 0. The maximum Gasteiger partial charge on any atom is 0.414 e. The van der Waals surface area contributed by atoms with Crippen LogP contribution < -0.4 is 5.48 Å². The second-order valence-corrected chi connectivity index (χ2v) is 3.77. The van der Waals surface area contributed by atoms with Crippen molar-refractivity contribution in [3.63, 3.8) is 0 Å². The number of aryl methyl sites for hydroxylation is 1. The minimum Gasteiger partial charge on any atom is -0.273 e. The molecule has 0 aromatic heterocycles. The highest BCUT2D eigenvalue weighted by atomic mass is 19.4. The first kappa shape index (κ1) is 14.5. The van der Waals surface area contributed by atoms with Crippen molar-refractivity contribution >= 4 is 5.91 Å². The van der Waals surface area contributed by atoms with Gasteiger partial charge in [0, 0.05) is 6.42 Å². The smallest absolute Gasteiger partial charge is 0.273 e. The summed E-state index contributed by atoms with van der Waals surface area (Å²) in [5.41, 5.74) is 2.85. The lowest BCUT2D eigenvalue weighted by atomic mass is 10.1. The minimum atomic E-state index is -4.43. The van der Waals surface area contributed by atoms with Gasteiger partial charge < -0.3 is 0 Å². The fourth-order valence-corrected chi connectivity index (χ4v) is 1.35. The van der Waals surface area contributed by atoms with Crippen LogP contribution in [0.15, 0.2) is 30.3 Å². The van der Waals surface area contributed by atoms with Gasteiger partial charge in [-0.15, -0.1) is 0 Å². The number of alkyl halides is 3. The summed E-state index contributed by atoms with van der Waals surface area (Å²) in [6, 6.07) is 9.53. The molecule has 0 saturated carbocycles. The molecule has 1 N–H and O–H groups in total. The van der Waals surface area contributed by atoms with Crippen molar-refractivity contribution in [2.75, 3.05) is 6.61 Å². The van der Waals surface area contributed by atoms with E-state index in [1.54, 1.807) is 5.48 Å². The summed E-state index contributed by atoms with van der Waals surface area (Å²) in [5.74, 6) is -0.546.